The third-order valence-electron chi connectivity index (χ3n) is 5.58. The summed E-state index contributed by atoms with van der Waals surface area (Å²) in [6.07, 6.45) is 5.96. The topological polar surface area (TPSA) is 76.9 Å². The van der Waals surface area contributed by atoms with Crippen molar-refractivity contribution in [1.29, 1.82) is 0 Å². The molecule has 3 heterocycles. The number of hydrogen-bond donors (Lipinski definition) is 0. The van der Waals surface area contributed by atoms with E-state index in [4.69, 9.17) is 9.47 Å². The second-order valence-electron chi connectivity index (χ2n) is 7.30. The van der Waals surface area contributed by atoms with Crippen LogP contribution in [0.4, 0.5) is 0 Å². The van der Waals surface area contributed by atoms with Crippen molar-refractivity contribution in [2.45, 2.75) is 31.7 Å². The van der Waals surface area contributed by atoms with Crippen LogP contribution in [-0.4, -0.2) is 84.8 Å². The maximum absolute atomic E-state index is 12.8. The highest BCUT2D eigenvalue weighted by atomic mass is 16.5. The SMILES string of the molecule is COCCN1CC(C(=O)N2CCC(c3nccn3CCOC)CC2)CC1=O. The number of amides is 2. The molecule has 0 aliphatic carbocycles. The Labute approximate surface area is 160 Å². The van der Waals surface area contributed by atoms with Crippen molar-refractivity contribution in [3.05, 3.63) is 18.2 Å². The number of rotatable bonds is 8. The summed E-state index contributed by atoms with van der Waals surface area (Å²) in [6, 6.07) is 0. The molecule has 2 saturated heterocycles. The molecule has 2 aliphatic rings. The van der Waals surface area contributed by atoms with Crippen molar-refractivity contribution in [3.8, 4) is 0 Å². The van der Waals surface area contributed by atoms with E-state index in [-0.39, 0.29) is 17.7 Å². The number of ether oxygens (including phenoxy) is 2. The number of likely N-dealkylation sites (tertiary alicyclic amines) is 2. The van der Waals surface area contributed by atoms with Gasteiger partial charge in [-0.1, -0.05) is 0 Å². The average Bonchev–Trinajstić information content (AvgIpc) is 3.30. The van der Waals surface area contributed by atoms with Crippen molar-refractivity contribution in [2.75, 3.05) is 53.6 Å². The van der Waals surface area contributed by atoms with E-state index in [1.807, 2.05) is 17.3 Å². The smallest absolute Gasteiger partial charge is 0.227 e. The summed E-state index contributed by atoms with van der Waals surface area (Å²) in [6.45, 7) is 4.50. The molecule has 1 aromatic heterocycles. The van der Waals surface area contributed by atoms with Crippen molar-refractivity contribution in [1.82, 2.24) is 19.4 Å². The van der Waals surface area contributed by atoms with Gasteiger partial charge in [-0.3, -0.25) is 9.59 Å². The molecule has 150 valence electrons. The van der Waals surface area contributed by atoms with Crippen LogP contribution in [0.3, 0.4) is 0 Å². The Bertz CT molecular complexity index is 639. The van der Waals surface area contributed by atoms with Gasteiger partial charge in [0, 0.05) is 71.7 Å². The number of carbonyl (C=O) groups excluding carboxylic acids is 2. The van der Waals surface area contributed by atoms with Gasteiger partial charge in [0.2, 0.25) is 11.8 Å². The van der Waals surface area contributed by atoms with E-state index >= 15 is 0 Å². The van der Waals surface area contributed by atoms with Crippen molar-refractivity contribution >= 4 is 11.8 Å². The van der Waals surface area contributed by atoms with Gasteiger partial charge in [-0.2, -0.15) is 0 Å². The molecule has 0 spiro atoms. The molecule has 27 heavy (non-hydrogen) atoms. The van der Waals surface area contributed by atoms with Gasteiger partial charge in [0.1, 0.15) is 5.82 Å². The summed E-state index contributed by atoms with van der Waals surface area (Å²) < 4.78 is 12.4. The Morgan fingerprint density at radius 1 is 1.19 bits per heavy atom. The highest BCUT2D eigenvalue weighted by molar-refractivity contribution is 5.89. The Morgan fingerprint density at radius 2 is 1.89 bits per heavy atom. The lowest BCUT2D eigenvalue weighted by Crippen LogP contribution is -2.42. The predicted molar refractivity (Wildman–Crippen MR) is 99.2 cm³/mol. The third-order valence-corrected chi connectivity index (χ3v) is 5.58. The van der Waals surface area contributed by atoms with E-state index < -0.39 is 0 Å². The molecular formula is C19H30N4O4. The van der Waals surface area contributed by atoms with E-state index in [2.05, 4.69) is 9.55 Å². The first-order valence-corrected chi connectivity index (χ1v) is 9.69. The molecule has 2 aliphatic heterocycles. The van der Waals surface area contributed by atoms with Gasteiger partial charge in [-0.25, -0.2) is 4.98 Å². The van der Waals surface area contributed by atoms with Crippen LogP contribution in [0.15, 0.2) is 12.4 Å². The monoisotopic (exact) mass is 378 g/mol. The number of carbonyl (C=O) groups is 2. The molecule has 2 amide bonds. The lowest BCUT2D eigenvalue weighted by atomic mass is 9.94. The first kappa shape index (κ1) is 19.8. The number of imidazole rings is 1. The molecule has 3 rings (SSSR count). The van der Waals surface area contributed by atoms with Gasteiger partial charge in [0.25, 0.3) is 0 Å². The summed E-state index contributed by atoms with van der Waals surface area (Å²) in [4.78, 5) is 33.1. The van der Waals surface area contributed by atoms with Crippen LogP contribution in [0.1, 0.15) is 31.0 Å². The van der Waals surface area contributed by atoms with E-state index in [0.717, 1.165) is 38.3 Å². The molecule has 8 heteroatoms. The van der Waals surface area contributed by atoms with E-state index in [1.54, 1.807) is 19.1 Å². The van der Waals surface area contributed by atoms with Crippen LogP contribution < -0.4 is 0 Å². The molecule has 0 N–H and O–H groups in total. The zero-order chi connectivity index (χ0) is 19.2. The van der Waals surface area contributed by atoms with Gasteiger partial charge < -0.3 is 23.8 Å². The Balaban J connectivity index is 1.51. The number of aromatic nitrogens is 2. The summed E-state index contributed by atoms with van der Waals surface area (Å²) in [5.74, 6) is 1.41. The normalized spacial score (nSPS) is 21.3. The lowest BCUT2D eigenvalue weighted by Gasteiger charge is -2.33. The minimum Gasteiger partial charge on any atom is -0.383 e. The minimum absolute atomic E-state index is 0.0560. The highest BCUT2D eigenvalue weighted by Gasteiger charge is 2.37. The highest BCUT2D eigenvalue weighted by Crippen LogP contribution is 2.29. The molecule has 0 saturated carbocycles. The molecule has 0 aromatic carbocycles. The second-order valence-corrected chi connectivity index (χ2v) is 7.30. The van der Waals surface area contributed by atoms with Crippen LogP contribution in [0.2, 0.25) is 0 Å². The first-order valence-electron chi connectivity index (χ1n) is 9.69. The summed E-state index contributed by atoms with van der Waals surface area (Å²) in [7, 11) is 3.32. The van der Waals surface area contributed by atoms with E-state index in [0.29, 0.717) is 38.6 Å². The third kappa shape index (κ3) is 4.68. The summed E-state index contributed by atoms with van der Waals surface area (Å²) in [5.41, 5.74) is 0. The predicted octanol–water partition coefficient (Wildman–Crippen LogP) is 0.730. The summed E-state index contributed by atoms with van der Waals surface area (Å²) in [5, 5.41) is 0. The number of piperidine rings is 1. The number of methoxy groups -OCH3 is 2. The van der Waals surface area contributed by atoms with Gasteiger partial charge in [0.05, 0.1) is 19.1 Å². The molecule has 8 nitrogen and oxygen atoms in total. The van der Waals surface area contributed by atoms with Crippen molar-refractivity contribution < 1.29 is 19.1 Å². The van der Waals surface area contributed by atoms with Crippen LogP contribution in [0.25, 0.3) is 0 Å². The first-order chi connectivity index (χ1) is 13.1. The van der Waals surface area contributed by atoms with Crippen molar-refractivity contribution in [2.24, 2.45) is 5.92 Å². The fourth-order valence-corrected chi connectivity index (χ4v) is 4.03. The summed E-state index contributed by atoms with van der Waals surface area (Å²) >= 11 is 0. The fraction of sp³-hybridized carbons (Fsp3) is 0.737. The Morgan fingerprint density at radius 3 is 2.59 bits per heavy atom. The van der Waals surface area contributed by atoms with E-state index in [1.165, 1.54) is 0 Å². The van der Waals surface area contributed by atoms with Crippen LogP contribution in [0.5, 0.6) is 0 Å². The second kappa shape index (κ2) is 9.32. The Hall–Kier alpha value is -1.93. The largest absolute Gasteiger partial charge is 0.383 e. The lowest BCUT2D eigenvalue weighted by molar-refractivity contribution is -0.136. The van der Waals surface area contributed by atoms with Gasteiger partial charge in [0.15, 0.2) is 0 Å². The number of hydrogen-bond acceptors (Lipinski definition) is 5. The minimum atomic E-state index is -0.213. The molecule has 0 bridgehead atoms. The molecule has 1 aromatic rings. The molecule has 1 atom stereocenters. The van der Waals surface area contributed by atoms with Crippen LogP contribution >= 0.6 is 0 Å². The zero-order valence-electron chi connectivity index (χ0n) is 16.3. The van der Waals surface area contributed by atoms with E-state index in [9.17, 15) is 9.59 Å². The van der Waals surface area contributed by atoms with Gasteiger partial charge in [-0.05, 0) is 12.8 Å². The maximum atomic E-state index is 12.8. The van der Waals surface area contributed by atoms with Crippen LogP contribution in [0, 0.1) is 5.92 Å². The van der Waals surface area contributed by atoms with Crippen molar-refractivity contribution in [3.63, 3.8) is 0 Å². The molecule has 2 fully saturated rings. The average molecular weight is 378 g/mol. The molecule has 1 unspecified atom stereocenters. The van der Waals surface area contributed by atoms with Gasteiger partial charge >= 0.3 is 0 Å². The standard InChI is InChI=1S/C19H30N4O4/c1-26-11-9-21-8-5-20-18(21)15-3-6-22(7-4-15)19(25)16-13-17(24)23(14-16)10-12-27-2/h5,8,15-16H,3-4,6-7,9-14H2,1-2H3. The van der Waals surface area contributed by atoms with Crippen LogP contribution in [-0.2, 0) is 25.6 Å². The number of nitrogens with zero attached hydrogens (tertiary/aromatic N) is 4. The molecule has 0 radical (unpaired) electrons. The quantitative estimate of drug-likeness (QED) is 0.667. The Kier molecular flexibility index (Phi) is 6.84. The molecular weight excluding hydrogens is 348 g/mol. The zero-order valence-corrected chi connectivity index (χ0v) is 16.3. The maximum Gasteiger partial charge on any atom is 0.227 e. The fourth-order valence-electron chi connectivity index (χ4n) is 4.03. The van der Waals surface area contributed by atoms with Gasteiger partial charge in [-0.15, -0.1) is 0 Å².